The third kappa shape index (κ3) is 2.22. The Morgan fingerprint density at radius 2 is 2.26 bits per heavy atom. The smallest absolute Gasteiger partial charge is 0.0525 e. The van der Waals surface area contributed by atoms with Crippen LogP contribution in [0, 0.1) is 0 Å². The summed E-state index contributed by atoms with van der Waals surface area (Å²) < 4.78 is 1.11. The van der Waals surface area contributed by atoms with Crippen LogP contribution in [-0.4, -0.2) is 6.54 Å². The molecule has 3 rings (SSSR count). The number of rotatable bonds is 2. The van der Waals surface area contributed by atoms with Crippen molar-refractivity contribution in [1.29, 1.82) is 0 Å². The topological polar surface area (TPSA) is 29.3 Å². The van der Waals surface area contributed by atoms with E-state index in [4.69, 9.17) is 5.73 Å². The van der Waals surface area contributed by atoms with Gasteiger partial charge in [-0.05, 0) is 42.5 Å². The predicted octanol–water partition coefficient (Wildman–Crippen LogP) is 4.09. The molecule has 1 unspecified atom stereocenters. The number of thiophene rings is 1. The third-order valence-electron chi connectivity index (χ3n) is 3.88. The molecule has 0 bridgehead atoms. The maximum Gasteiger partial charge on any atom is 0.0525 e. The summed E-state index contributed by atoms with van der Waals surface area (Å²) in [5.74, 6) is 0. The summed E-state index contributed by atoms with van der Waals surface area (Å²) >= 11 is 5.49. The lowest BCUT2D eigenvalue weighted by Gasteiger charge is -2.37. The van der Waals surface area contributed by atoms with Gasteiger partial charge in [0.25, 0.3) is 0 Å². The number of nitrogens with zero attached hydrogens (tertiary/aromatic N) is 1. The van der Waals surface area contributed by atoms with Gasteiger partial charge in [-0.3, -0.25) is 0 Å². The van der Waals surface area contributed by atoms with Crippen LogP contribution in [0.1, 0.15) is 29.0 Å². The Labute approximate surface area is 126 Å². The number of nitrogens with two attached hydrogens (primary N) is 1. The van der Waals surface area contributed by atoms with Crippen LogP contribution in [0.4, 0.5) is 5.69 Å². The third-order valence-corrected chi connectivity index (χ3v) is 5.62. The minimum Gasteiger partial charge on any atom is -0.364 e. The average Bonchev–Trinajstić information content (AvgIpc) is 2.88. The van der Waals surface area contributed by atoms with E-state index in [0.29, 0.717) is 12.6 Å². The van der Waals surface area contributed by atoms with Crippen molar-refractivity contribution >= 4 is 33.0 Å². The van der Waals surface area contributed by atoms with Crippen LogP contribution in [0.25, 0.3) is 0 Å². The summed E-state index contributed by atoms with van der Waals surface area (Å²) in [6.45, 7) is 3.92. The summed E-state index contributed by atoms with van der Waals surface area (Å²) in [6, 6.07) is 9.03. The van der Waals surface area contributed by atoms with Crippen molar-refractivity contribution in [3.05, 3.63) is 50.1 Å². The van der Waals surface area contributed by atoms with E-state index in [-0.39, 0.29) is 0 Å². The fourth-order valence-electron chi connectivity index (χ4n) is 2.86. The lowest BCUT2D eigenvalue weighted by atomic mass is 9.99. The molecule has 2 nitrogen and oxygen atoms in total. The van der Waals surface area contributed by atoms with Gasteiger partial charge in [0.1, 0.15) is 0 Å². The molecule has 2 N–H and O–H groups in total. The highest BCUT2D eigenvalue weighted by Gasteiger charge is 2.26. The number of fused-ring (bicyclic) bond motifs is 1. The lowest BCUT2D eigenvalue weighted by Crippen LogP contribution is -2.34. The number of anilines is 1. The molecule has 0 saturated carbocycles. The van der Waals surface area contributed by atoms with Crippen molar-refractivity contribution in [1.82, 2.24) is 0 Å². The standard InChI is InChI=1S/C15H17BrN2S/c1-10-11-6-8-19-15(11)5-7-18(10)14-4-2-3-13(16)12(14)9-17/h2-4,6,8,10H,5,7,9,17H2,1H3. The highest BCUT2D eigenvalue weighted by Crippen LogP contribution is 2.38. The molecule has 1 aromatic carbocycles. The van der Waals surface area contributed by atoms with E-state index in [9.17, 15) is 0 Å². The maximum absolute atomic E-state index is 5.92. The highest BCUT2D eigenvalue weighted by molar-refractivity contribution is 9.10. The van der Waals surface area contributed by atoms with Crippen LogP contribution in [0.5, 0.6) is 0 Å². The van der Waals surface area contributed by atoms with Gasteiger partial charge in [-0.15, -0.1) is 11.3 Å². The average molecular weight is 337 g/mol. The van der Waals surface area contributed by atoms with Crippen molar-refractivity contribution in [3.63, 3.8) is 0 Å². The first-order chi connectivity index (χ1) is 9.22. The molecule has 2 aromatic rings. The molecule has 1 aromatic heterocycles. The predicted molar refractivity (Wildman–Crippen MR) is 85.8 cm³/mol. The van der Waals surface area contributed by atoms with E-state index >= 15 is 0 Å². The SMILES string of the molecule is CC1c2ccsc2CCN1c1cccc(Br)c1CN. The van der Waals surface area contributed by atoms with E-state index in [1.807, 2.05) is 11.3 Å². The molecule has 0 fully saturated rings. The lowest BCUT2D eigenvalue weighted by molar-refractivity contribution is 0.629. The molecule has 1 aliphatic rings. The normalized spacial score (nSPS) is 18.5. The molecule has 4 heteroatoms. The summed E-state index contributed by atoms with van der Waals surface area (Å²) in [7, 11) is 0. The number of halogens is 1. The van der Waals surface area contributed by atoms with Crippen LogP contribution in [0.15, 0.2) is 34.1 Å². The molecule has 1 aliphatic heterocycles. The second kappa shape index (κ2) is 5.27. The summed E-state index contributed by atoms with van der Waals surface area (Å²) in [5, 5.41) is 2.20. The highest BCUT2D eigenvalue weighted by atomic mass is 79.9. The van der Waals surface area contributed by atoms with Gasteiger partial charge in [-0.25, -0.2) is 0 Å². The minimum absolute atomic E-state index is 0.426. The number of hydrogen-bond acceptors (Lipinski definition) is 3. The van der Waals surface area contributed by atoms with Crippen molar-refractivity contribution in [2.45, 2.75) is 25.9 Å². The Hall–Kier alpha value is -0.840. The largest absolute Gasteiger partial charge is 0.364 e. The quantitative estimate of drug-likeness (QED) is 0.894. The monoisotopic (exact) mass is 336 g/mol. The molecule has 1 atom stereocenters. The van der Waals surface area contributed by atoms with Crippen LogP contribution < -0.4 is 10.6 Å². The van der Waals surface area contributed by atoms with Gasteiger partial charge in [0.05, 0.1) is 6.04 Å². The molecule has 19 heavy (non-hydrogen) atoms. The zero-order valence-corrected chi connectivity index (χ0v) is 13.3. The molecule has 0 saturated heterocycles. The maximum atomic E-state index is 5.92. The minimum atomic E-state index is 0.426. The van der Waals surface area contributed by atoms with Crippen LogP contribution >= 0.6 is 27.3 Å². The van der Waals surface area contributed by atoms with E-state index in [1.165, 1.54) is 21.7 Å². The van der Waals surface area contributed by atoms with E-state index in [1.54, 1.807) is 0 Å². The fourth-order valence-corrected chi connectivity index (χ4v) is 4.34. The van der Waals surface area contributed by atoms with Gasteiger partial charge < -0.3 is 10.6 Å². The Morgan fingerprint density at radius 3 is 3.05 bits per heavy atom. The molecular weight excluding hydrogens is 320 g/mol. The van der Waals surface area contributed by atoms with E-state index in [2.05, 4.69) is 57.4 Å². The summed E-state index contributed by atoms with van der Waals surface area (Å²) in [6.07, 6.45) is 1.13. The van der Waals surface area contributed by atoms with Crippen molar-refractivity contribution in [2.24, 2.45) is 5.73 Å². The summed E-state index contributed by atoms with van der Waals surface area (Å²) in [5.41, 5.74) is 9.86. The number of benzene rings is 1. The Kier molecular flexibility index (Phi) is 3.65. The first-order valence-corrected chi connectivity index (χ1v) is 8.20. The van der Waals surface area contributed by atoms with Crippen molar-refractivity contribution < 1.29 is 0 Å². The van der Waals surface area contributed by atoms with Gasteiger partial charge >= 0.3 is 0 Å². The summed E-state index contributed by atoms with van der Waals surface area (Å²) in [4.78, 5) is 4.01. The zero-order chi connectivity index (χ0) is 13.4. The Morgan fingerprint density at radius 1 is 1.42 bits per heavy atom. The molecule has 0 aliphatic carbocycles. The first kappa shape index (κ1) is 13.2. The second-order valence-corrected chi connectivity index (χ2v) is 6.72. The Bertz CT molecular complexity index is 594. The van der Waals surface area contributed by atoms with Crippen LogP contribution in [0.3, 0.4) is 0 Å². The van der Waals surface area contributed by atoms with Gasteiger partial charge in [0.15, 0.2) is 0 Å². The molecule has 0 amide bonds. The van der Waals surface area contributed by atoms with Crippen molar-refractivity contribution in [3.8, 4) is 0 Å². The molecule has 100 valence electrons. The van der Waals surface area contributed by atoms with Gasteiger partial charge in [-0.2, -0.15) is 0 Å². The molecular formula is C15H17BrN2S. The van der Waals surface area contributed by atoms with Crippen molar-refractivity contribution in [2.75, 3.05) is 11.4 Å². The van der Waals surface area contributed by atoms with Gasteiger partial charge in [0.2, 0.25) is 0 Å². The zero-order valence-electron chi connectivity index (χ0n) is 10.9. The molecule has 2 heterocycles. The fraction of sp³-hybridized carbons (Fsp3) is 0.333. The first-order valence-electron chi connectivity index (χ1n) is 6.52. The van der Waals surface area contributed by atoms with E-state index < -0.39 is 0 Å². The Balaban J connectivity index is 2.02. The van der Waals surface area contributed by atoms with Crippen LogP contribution in [-0.2, 0) is 13.0 Å². The second-order valence-electron chi connectivity index (χ2n) is 4.86. The van der Waals surface area contributed by atoms with E-state index in [0.717, 1.165) is 17.4 Å². The van der Waals surface area contributed by atoms with Crippen LogP contribution in [0.2, 0.25) is 0 Å². The molecule has 0 radical (unpaired) electrons. The number of hydrogen-bond donors (Lipinski definition) is 1. The molecule has 0 spiro atoms. The van der Waals surface area contributed by atoms with Gasteiger partial charge in [0, 0.05) is 33.7 Å². The van der Waals surface area contributed by atoms with Gasteiger partial charge in [-0.1, -0.05) is 22.0 Å².